The van der Waals surface area contributed by atoms with Crippen LogP contribution in [-0.4, -0.2) is 10.2 Å². The van der Waals surface area contributed by atoms with Crippen LogP contribution in [-0.2, 0) is 0 Å². The van der Waals surface area contributed by atoms with E-state index in [4.69, 9.17) is 0 Å². The average molecular weight is 430 g/mol. The third kappa shape index (κ3) is 4.17. The van der Waals surface area contributed by atoms with Crippen molar-refractivity contribution in [1.82, 2.24) is 0 Å². The van der Waals surface area contributed by atoms with Gasteiger partial charge in [-0.1, -0.05) is 97.1 Å². The first-order valence-electron chi connectivity index (χ1n) is 10.8. The maximum absolute atomic E-state index is 10.3. The van der Waals surface area contributed by atoms with Crippen molar-refractivity contribution in [1.29, 1.82) is 0 Å². The molecule has 2 N–H and O–H groups in total. The van der Waals surface area contributed by atoms with Crippen LogP contribution in [0.5, 0.6) is 11.5 Å². The first-order valence-corrected chi connectivity index (χ1v) is 10.8. The van der Waals surface area contributed by atoms with Crippen molar-refractivity contribution < 1.29 is 10.2 Å². The van der Waals surface area contributed by atoms with E-state index in [1.807, 2.05) is 60.7 Å². The third-order valence-corrected chi connectivity index (χ3v) is 5.60. The van der Waals surface area contributed by atoms with Crippen LogP contribution in [0.2, 0.25) is 0 Å². The minimum atomic E-state index is 0.00406. The van der Waals surface area contributed by atoms with Gasteiger partial charge >= 0.3 is 0 Å². The fourth-order valence-corrected chi connectivity index (χ4v) is 4.18. The van der Waals surface area contributed by atoms with Gasteiger partial charge in [-0.05, 0) is 23.3 Å². The number of anilines is 3. The molecule has 33 heavy (non-hydrogen) atoms. The number of hydrogen-bond donors (Lipinski definition) is 2. The highest BCUT2D eigenvalue weighted by Gasteiger charge is 2.21. The third-order valence-electron chi connectivity index (χ3n) is 5.60. The van der Waals surface area contributed by atoms with Crippen LogP contribution < -0.4 is 4.90 Å². The summed E-state index contributed by atoms with van der Waals surface area (Å²) >= 11 is 0. The largest absolute Gasteiger partial charge is 0.508 e. The molecule has 0 radical (unpaired) electrons. The number of para-hydroxylation sites is 2. The SMILES string of the molecule is Oc1cc(O)cc(N(c2ccccc2-c2ccccc2)c2ccccc2-c2ccccc2)c1. The highest BCUT2D eigenvalue weighted by atomic mass is 16.3. The molecule has 0 atom stereocenters. The summed E-state index contributed by atoms with van der Waals surface area (Å²) in [4.78, 5) is 2.09. The van der Waals surface area contributed by atoms with Gasteiger partial charge in [-0.2, -0.15) is 0 Å². The van der Waals surface area contributed by atoms with E-state index < -0.39 is 0 Å². The second-order valence-electron chi connectivity index (χ2n) is 7.81. The van der Waals surface area contributed by atoms with Crippen molar-refractivity contribution in [2.75, 3.05) is 4.90 Å². The van der Waals surface area contributed by atoms with E-state index in [1.165, 1.54) is 6.07 Å². The van der Waals surface area contributed by atoms with Gasteiger partial charge in [-0.3, -0.25) is 0 Å². The summed E-state index contributed by atoms with van der Waals surface area (Å²) < 4.78 is 0. The molecule has 0 aliphatic rings. The number of phenols is 2. The summed E-state index contributed by atoms with van der Waals surface area (Å²) in [5, 5.41) is 20.6. The quantitative estimate of drug-likeness (QED) is 0.298. The predicted octanol–water partition coefficient (Wildman–Crippen LogP) is 7.90. The van der Waals surface area contributed by atoms with Gasteiger partial charge in [-0.15, -0.1) is 0 Å². The normalized spacial score (nSPS) is 10.7. The van der Waals surface area contributed by atoms with Gasteiger partial charge in [0, 0.05) is 29.3 Å². The molecule has 0 saturated heterocycles. The lowest BCUT2D eigenvalue weighted by atomic mass is 9.99. The van der Waals surface area contributed by atoms with Crippen molar-refractivity contribution in [2.45, 2.75) is 0 Å². The van der Waals surface area contributed by atoms with Crippen molar-refractivity contribution >= 4 is 17.1 Å². The highest BCUT2D eigenvalue weighted by molar-refractivity contribution is 5.93. The first-order chi connectivity index (χ1) is 16.2. The number of rotatable bonds is 5. The molecule has 0 bridgehead atoms. The molecule has 0 fully saturated rings. The molecule has 3 heteroatoms. The lowest BCUT2D eigenvalue weighted by molar-refractivity contribution is 0.451. The molecule has 0 aliphatic carbocycles. The van der Waals surface area contributed by atoms with Crippen molar-refractivity contribution in [3.8, 4) is 33.8 Å². The molecule has 0 amide bonds. The molecular formula is C30H23NO2. The lowest BCUT2D eigenvalue weighted by Gasteiger charge is -2.30. The highest BCUT2D eigenvalue weighted by Crippen LogP contribution is 2.45. The molecule has 0 saturated carbocycles. The van der Waals surface area contributed by atoms with Crippen LogP contribution in [0.25, 0.3) is 22.3 Å². The van der Waals surface area contributed by atoms with Crippen LogP contribution >= 0.6 is 0 Å². The number of hydrogen-bond acceptors (Lipinski definition) is 3. The molecule has 0 unspecified atom stereocenters. The van der Waals surface area contributed by atoms with Gasteiger partial charge in [0.2, 0.25) is 0 Å². The molecule has 0 aliphatic heterocycles. The van der Waals surface area contributed by atoms with E-state index in [0.29, 0.717) is 5.69 Å². The van der Waals surface area contributed by atoms with Gasteiger partial charge in [0.1, 0.15) is 11.5 Å². The Bertz CT molecular complexity index is 1280. The summed E-state index contributed by atoms with van der Waals surface area (Å²) in [5.74, 6) is 0.00812. The lowest BCUT2D eigenvalue weighted by Crippen LogP contribution is -2.12. The number of nitrogens with zero attached hydrogens (tertiary/aromatic N) is 1. The van der Waals surface area contributed by atoms with Gasteiger partial charge in [0.25, 0.3) is 0 Å². The van der Waals surface area contributed by atoms with E-state index >= 15 is 0 Å². The van der Waals surface area contributed by atoms with Crippen LogP contribution in [0.4, 0.5) is 17.1 Å². The Kier molecular flexibility index (Phi) is 5.52. The molecule has 0 spiro atoms. The average Bonchev–Trinajstić information content (AvgIpc) is 2.85. The van der Waals surface area contributed by atoms with Crippen molar-refractivity contribution in [3.63, 3.8) is 0 Å². The number of aromatic hydroxyl groups is 2. The van der Waals surface area contributed by atoms with Gasteiger partial charge in [0.05, 0.1) is 17.1 Å². The zero-order valence-electron chi connectivity index (χ0n) is 18.0. The molecule has 160 valence electrons. The van der Waals surface area contributed by atoms with Gasteiger partial charge in [0.15, 0.2) is 0 Å². The zero-order valence-corrected chi connectivity index (χ0v) is 18.0. The van der Waals surface area contributed by atoms with E-state index in [1.54, 1.807) is 12.1 Å². The molecule has 0 aromatic heterocycles. The smallest absolute Gasteiger partial charge is 0.121 e. The monoisotopic (exact) mass is 429 g/mol. The van der Waals surface area contributed by atoms with E-state index in [-0.39, 0.29) is 11.5 Å². The first kappa shape index (κ1) is 20.4. The second-order valence-corrected chi connectivity index (χ2v) is 7.81. The molecule has 0 heterocycles. The summed E-state index contributed by atoms with van der Waals surface area (Å²) in [6, 6.07) is 41.5. The van der Waals surface area contributed by atoms with E-state index in [2.05, 4.69) is 53.4 Å². The minimum Gasteiger partial charge on any atom is -0.508 e. The van der Waals surface area contributed by atoms with Crippen LogP contribution in [0, 0.1) is 0 Å². The zero-order chi connectivity index (χ0) is 22.6. The Labute approximate surface area is 193 Å². The molecule has 5 aromatic rings. The number of benzene rings is 5. The fraction of sp³-hybridized carbons (Fsp3) is 0. The number of phenolic OH excluding ortho intramolecular Hbond substituents is 2. The molecular weight excluding hydrogens is 406 g/mol. The fourth-order valence-electron chi connectivity index (χ4n) is 4.18. The topological polar surface area (TPSA) is 43.7 Å². The molecule has 3 nitrogen and oxygen atoms in total. The minimum absolute atomic E-state index is 0.00406. The van der Waals surface area contributed by atoms with Crippen molar-refractivity contribution in [2.24, 2.45) is 0 Å². The summed E-state index contributed by atoms with van der Waals surface area (Å²) in [6.07, 6.45) is 0. The van der Waals surface area contributed by atoms with Crippen LogP contribution in [0.3, 0.4) is 0 Å². The standard InChI is InChI=1S/C30H23NO2/c32-25-19-24(20-26(33)21-25)31(29-17-9-7-15-27(29)22-11-3-1-4-12-22)30-18-10-8-16-28(30)23-13-5-2-6-14-23/h1-21,32-33H. The van der Waals surface area contributed by atoms with Gasteiger partial charge in [-0.25, -0.2) is 0 Å². The van der Waals surface area contributed by atoms with E-state index in [0.717, 1.165) is 33.6 Å². The van der Waals surface area contributed by atoms with E-state index in [9.17, 15) is 10.2 Å². The maximum atomic E-state index is 10.3. The van der Waals surface area contributed by atoms with Crippen LogP contribution in [0.15, 0.2) is 127 Å². The Morgan fingerprint density at radius 2 is 0.818 bits per heavy atom. The Balaban J connectivity index is 1.80. The van der Waals surface area contributed by atoms with Gasteiger partial charge < -0.3 is 15.1 Å². The summed E-state index contributed by atoms with van der Waals surface area (Å²) in [6.45, 7) is 0. The maximum Gasteiger partial charge on any atom is 0.121 e. The molecule has 5 rings (SSSR count). The van der Waals surface area contributed by atoms with Crippen LogP contribution in [0.1, 0.15) is 0 Å². The summed E-state index contributed by atoms with van der Waals surface area (Å²) in [7, 11) is 0. The second kappa shape index (κ2) is 8.93. The Morgan fingerprint density at radius 3 is 1.27 bits per heavy atom. The molecule has 5 aromatic carbocycles. The summed E-state index contributed by atoms with van der Waals surface area (Å²) in [5.41, 5.74) is 6.81. The Hall–Kier alpha value is -4.50. The predicted molar refractivity (Wildman–Crippen MR) is 135 cm³/mol. The van der Waals surface area contributed by atoms with Crippen molar-refractivity contribution in [3.05, 3.63) is 127 Å². The Morgan fingerprint density at radius 1 is 0.424 bits per heavy atom.